The summed E-state index contributed by atoms with van der Waals surface area (Å²) < 4.78 is 8.96. The van der Waals surface area contributed by atoms with Gasteiger partial charge in [-0.05, 0) is 43.5 Å². The molecule has 5 aromatic rings. The predicted molar refractivity (Wildman–Crippen MR) is 143 cm³/mol. The average Bonchev–Trinajstić information content (AvgIpc) is 3.56. The highest BCUT2D eigenvalue weighted by Gasteiger charge is 2.40. The van der Waals surface area contributed by atoms with Gasteiger partial charge >= 0.3 is 0 Å². The van der Waals surface area contributed by atoms with E-state index in [-0.39, 0.29) is 17.4 Å². The summed E-state index contributed by atoms with van der Waals surface area (Å²) in [4.78, 5) is 26.7. The summed E-state index contributed by atoms with van der Waals surface area (Å²) in [7, 11) is 1.44. The predicted octanol–water partition coefficient (Wildman–Crippen LogP) is 3.92. The summed E-state index contributed by atoms with van der Waals surface area (Å²) in [6, 6.07) is 18.8. The minimum absolute atomic E-state index is 0.108. The van der Waals surface area contributed by atoms with Crippen molar-refractivity contribution in [2.75, 3.05) is 12.4 Å². The number of imidazole rings is 1. The first kappa shape index (κ1) is 25.1. The number of amides is 1. The lowest BCUT2D eigenvalue weighted by atomic mass is 9.83. The molecule has 0 saturated heterocycles. The lowest BCUT2D eigenvalue weighted by Gasteiger charge is -2.30. The van der Waals surface area contributed by atoms with Crippen LogP contribution in [0.2, 0.25) is 0 Å². The van der Waals surface area contributed by atoms with Crippen molar-refractivity contribution in [3.63, 3.8) is 0 Å². The summed E-state index contributed by atoms with van der Waals surface area (Å²) in [5.74, 6) is 0.219. The number of hydrogen-bond donors (Lipinski definition) is 2. The van der Waals surface area contributed by atoms with E-state index in [1.54, 1.807) is 17.1 Å². The number of ether oxygens (including phenoxy) is 1. The average molecular weight is 512 g/mol. The first-order chi connectivity index (χ1) is 18.4. The lowest BCUT2D eigenvalue weighted by molar-refractivity contribution is 0.102. The van der Waals surface area contributed by atoms with Crippen LogP contribution in [0.4, 0.5) is 5.95 Å². The first-order valence-electron chi connectivity index (χ1n) is 12.4. The van der Waals surface area contributed by atoms with E-state index in [0.29, 0.717) is 41.2 Å². The SMILES string of the molecule is CCn1cnc(NC(=O)c2cc3c(nc2OC)nc(C(O)(c2ccccc2)c2ccccc2C)n3CC)n1. The quantitative estimate of drug-likeness (QED) is 0.324. The molecule has 3 heterocycles. The molecule has 0 saturated carbocycles. The molecule has 3 aromatic heterocycles. The maximum absolute atomic E-state index is 13.2. The zero-order chi connectivity index (χ0) is 26.9. The number of hydrogen-bond acceptors (Lipinski definition) is 7. The monoisotopic (exact) mass is 511 g/mol. The molecule has 194 valence electrons. The van der Waals surface area contributed by atoms with Crippen LogP contribution in [0.25, 0.3) is 11.2 Å². The maximum atomic E-state index is 13.2. The molecule has 0 bridgehead atoms. The van der Waals surface area contributed by atoms with Gasteiger partial charge in [-0.15, -0.1) is 5.10 Å². The van der Waals surface area contributed by atoms with Crippen LogP contribution >= 0.6 is 0 Å². The van der Waals surface area contributed by atoms with Gasteiger partial charge in [-0.25, -0.2) is 9.97 Å². The van der Waals surface area contributed by atoms with E-state index >= 15 is 0 Å². The third-order valence-corrected chi connectivity index (χ3v) is 6.60. The van der Waals surface area contributed by atoms with Gasteiger partial charge in [-0.3, -0.25) is 14.8 Å². The summed E-state index contributed by atoms with van der Waals surface area (Å²) in [6.45, 7) is 6.95. The number of fused-ring (bicyclic) bond motifs is 1. The normalized spacial score (nSPS) is 12.9. The summed E-state index contributed by atoms with van der Waals surface area (Å²) in [6.07, 6.45) is 1.54. The minimum Gasteiger partial charge on any atom is -0.480 e. The Morgan fingerprint density at radius 2 is 1.79 bits per heavy atom. The highest BCUT2D eigenvalue weighted by atomic mass is 16.5. The van der Waals surface area contributed by atoms with Crippen LogP contribution in [0.3, 0.4) is 0 Å². The molecule has 38 heavy (non-hydrogen) atoms. The zero-order valence-electron chi connectivity index (χ0n) is 21.7. The number of nitrogens with zero attached hydrogens (tertiary/aromatic N) is 6. The molecule has 1 amide bonds. The molecule has 0 fully saturated rings. The number of aryl methyl sites for hydroxylation is 3. The highest BCUT2D eigenvalue weighted by Crippen LogP contribution is 2.39. The van der Waals surface area contributed by atoms with E-state index in [9.17, 15) is 9.90 Å². The number of rotatable bonds is 8. The molecule has 2 aromatic carbocycles. The Hall–Kier alpha value is -4.57. The van der Waals surface area contributed by atoms with Gasteiger partial charge in [0.25, 0.3) is 5.91 Å². The van der Waals surface area contributed by atoms with Crippen LogP contribution in [-0.2, 0) is 18.7 Å². The molecule has 0 aliphatic carbocycles. The van der Waals surface area contributed by atoms with E-state index in [1.165, 1.54) is 7.11 Å². The van der Waals surface area contributed by atoms with Crippen molar-refractivity contribution in [1.29, 1.82) is 0 Å². The molecule has 0 radical (unpaired) electrons. The molecule has 5 rings (SSSR count). The van der Waals surface area contributed by atoms with E-state index < -0.39 is 11.5 Å². The minimum atomic E-state index is -1.57. The molecule has 1 atom stereocenters. The molecule has 0 aliphatic rings. The summed E-state index contributed by atoms with van der Waals surface area (Å²) >= 11 is 0. The standard InChI is InChI=1S/C28H29N7O3/c1-5-34-17-29-27(33-34)32-24(36)20-16-22-23(30-25(20)38-4)31-26(35(22)6-2)28(37,19-13-8-7-9-14-19)21-15-11-10-12-18(21)3/h7-17,37H,5-6H2,1-4H3,(H,32,33,36). The second-order valence-electron chi connectivity index (χ2n) is 8.84. The Bertz CT molecular complexity index is 1610. The van der Waals surface area contributed by atoms with Gasteiger partial charge in [0.05, 0.1) is 12.6 Å². The van der Waals surface area contributed by atoms with Gasteiger partial charge < -0.3 is 14.4 Å². The molecular formula is C28H29N7O3. The number of methoxy groups -OCH3 is 1. The molecule has 10 nitrogen and oxygen atoms in total. The third-order valence-electron chi connectivity index (χ3n) is 6.60. The summed E-state index contributed by atoms with van der Waals surface area (Å²) in [5, 5.41) is 19.4. The van der Waals surface area contributed by atoms with Gasteiger partial charge in [0.1, 0.15) is 11.9 Å². The Labute approximate surface area is 220 Å². The van der Waals surface area contributed by atoms with Crippen LogP contribution < -0.4 is 10.1 Å². The van der Waals surface area contributed by atoms with Crippen LogP contribution in [-0.4, -0.2) is 47.4 Å². The number of benzene rings is 2. The molecule has 0 aliphatic heterocycles. The second kappa shape index (κ2) is 10.1. The lowest BCUT2D eigenvalue weighted by Crippen LogP contribution is -2.33. The van der Waals surface area contributed by atoms with Gasteiger partial charge in [-0.2, -0.15) is 4.98 Å². The molecule has 0 spiro atoms. The van der Waals surface area contributed by atoms with Crippen molar-refractivity contribution in [1.82, 2.24) is 29.3 Å². The largest absolute Gasteiger partial charge is 0.480 e. The van der Waals surface area contributed by atoms with Crippen molar-refractivity contribution in [3.05, 3.63) is 95.1 Å². The number of carbonyl (C=O) groups is 1. The number of pyridine rings is 1. The molecule has 1 unspecified atom stereocenters. The van der Waals surface area contributed by atoms with Crippen LogP contribution in [0.15, 0.2) is 67.0 Å². The van der Waals surface area contributed by atoms with Crippen molar-refractivity contribution in [2.24, 2.45) is 0 Å². The topological polar surface area (TPSA) is 120 Å². The van der Waals surface area contributed by atoms with E-state index in [1.807, 2.05) is 79.9 Å². The fourth-order valence-electron chi connectivity index (χ4n) is 4.68. The van der Waals surface area contributed by atoms with Crippen molar-refractivity contribution in [2.45, 2.75) is 39.5 Å². The van der Waals surface area contributed by atoms with E-state index in [4.69, 9.17) is 9.72 Å². The Kier molecular flexibility index (Phi) is 6.64. The summed E-state index contributed by atoms with van der Waals surface area (Å²) in [5.41, 5.74) is 1.86. The second-order valence-corrected chi connectivity index (χ2v) is 8.84. The molecule has 10 heteroatoms. The van der Waals surface area contributed by atoms with Crippen molar-refractivity contribution < 1.29 is 14.6 Å². The number of carbonyl (C=O) groups excluding carboxylic acids is 1. The van der Waals surface area contributed by atoms with E-state index in [0.717, 1.165) is 5.56 Å². The van der Waals surface area contributed by atoms with Gasteiger partial charge in [0.15, 0.2) is 17.1 Å². The maximum Gasteiger partial charge on any atom is 0.263 e. The molecular weight excluding hydrogens is 482 g/mol. The smallest absolute Gasteiger partial charge is 0.263 e. The number of aromatic nitrogens is 6. The van der Waals surface area contributed by atoms with Crippen LogP contribution in [0.1, 0.15) is 46.7 Å². The van der Waals surface area contributed by atoms with Crippen LogP contribution in [0, 0.1) is 6.92 Å². The van der Waals surface area contributed by atoms with Crippen molar-refractivity contribution in [3.8, 4) is 5.88 Å². The van der Waals surface area contributed by atoms with E-state index in [2.05, 4.69) is 20.4 Å². The van der Waals surface area contributed by atoms with Gasteiger partial charge in [-0.1, -0.05) is 54.6 Å². The fraction of sp³-hybridized carbons (Fsp3) is 0.250. The number of anilines is 1. The first-order valence-corrected chi connectivity index (χ1v) is 12.4. The Morgan fingerprint density at radius 1 is 1.05 bits per heavy atom. The molecule has 2 N–H and O–H groups in total. The highest BCUT2D eigenvalue weighted by molar-refractivity contribution is 6.06. The van der Waals surface area contributed by atoms with Gasteiger partial charge in [0, 0.05) is 13.1 Å². The number of aliphatic hydroxyl groups is 1. The van der Waals surface area contributed by atoms with Crippen LogP contribution in [0.5, 0.6) is 5.88 Å². The number of nitrogens with one attached hydrogen (secondary N) is 1. The third kappa shape index (κ3) is 4.18. The fourth-order valence-corrected chi connectivity index (χ4v) is 4.68. The zero-order valence-corrected chi connectivity index (χ0v) is 21.7. The Balaban J connectivity index is 1.70. The van der Waals surface area contributed by atoms with Crippen molar-refractivity contribution >= 4 is 23.0 Å². The van der Waals surface area contributed by atoms with Gasteiger partial charge in [0.2, 0.25) is 11.8 Å². The Morgan fingerprint density at radius 3 is 2.45 bits per heavy atom.